The highest BCUT2D eigenvalue weighted by Gasteiger charge is 2.24. The maximum atomic E-state index is 5.96. The quantitative estimate of drug-likeness (QED) is 0.786. The van der Waals surface area contributed by atoms with E-state index >= 15 is 0 Å². The number of imidazole rings is 1. The van der Waals surface area contributed by atoms with E-state index in [1.165, 1.54) is 25.7 Å². The van der Waals surface area contributed by atoms with Crippen LogP contribution in [0.1, 0.15) is 44.1 Å². The van der Waals surface area contributed by atoms with Crippen LogP contribution < -0.4 is 0 Å². The topological polar surface area (TPSA) is 30.7 Å². The molecule has 0 bridgehead atoms. The summed E-state index contributed by atoms with van der Waals surface area (Å²) in [5.74, 6) is 3.25. The fourth-order valence-corrected chi connectivity index (χ4v) is 3.68. The average molecular weight is 306 g/mol. The van der Waals surface area contributed by atoms with Crippen molar-refractivity contribution >= 4 is 22.8 Å². The predicted octanol–water partition coefficient (Wildman–Crippen LogP) is 4.35. The molecule has 1 saturated carbocycles. The number of aryl methyl sites for hydroxylation is 2. The molecule has 0 saturated heterocycles. The Kier molecular flexibility index (Phi) is 4.48. The van der Waals surface area contributed by atoms with E-state index in [9.17, 15) is 0 Å². The number of pyridine rings is 1. The van der Waals surface area contributed by atoms with E-state index in [1.807, 2.05) is 13.0 Å². The van der Waals surface area contributed by atoms with Gasteiger partial charge in [0.2, 0.25) is 0 Å². The molecule has 1 fully saturated rings. The molecule has 2 atom stereocenters. The first kappa shape index (κ1) is 14.8. The molecule has 4 heteroatoms. The molecule has 114 valence electrons. The van der Waals surface area contributed by atoms with Gasteiger partial charge in [0.05, 0.1) is 0 Å². The molecule has 2 heterocycles. The Balaban J connectivity index is 1.97. The van der Waals surface area contributed by atoms with Crippen LogP contribution in [-0.2, 0) is 13.0 Å². The largest absolute Gasteiger partial charge is 0.312 e. The zero-order valence-corrected chi connectivity index (χ0v) is 13.7. The van der Waals surface area contributed by atoms with E-state index in [0.29, 0.717) is 5.88 Å². The SMILES string of the molecule is Cc1ccc2nc(CCCl)n(CC3CCCCC3C)c2n1. The van der Waals surface area contributed by atoms with Crippen LogP contribution in [0.25, 0.3) is 11.2 Å². The van der Waals surface area contributed by atoms with E-state index in [4.69, 9.17) is 21.6 Å². The number of rotatable bonds is 4. The van der Waals surface area contributed by atoms with Crippen LogP contribution in [0.15, 0.2) is 12.1 Å². The minimum atomic E-state index is 0.614. The highest BCUT2D eigenvalue weighted by atomic mass is 35.5. The van der Waals surface area contributed by atoms with Crippen molar-refractivity contribution in [3.8, 4) is 0 Å². The van der Waals surface area contributed by atoms with E-state index in [2.05, 4.69) is 17.6 Å². The van der Waals surface area contributed by atoms with E-state index in [-0.39, 0.29) is 0 Å². The van der Waals surface area contributed by atoms with Crippen LogP contribution in [-0.4, -0.2) is 20.4 Å². The van der Waals surface area contributed by atoms with Crippen molar-refractivity contribution < 1.29 is 0 Å². The molecule has 0 aromatic carbocycles. The van der Waals surface area contributed by atoms with Gasteiger partial charge in [0.1, 0.15) is 11.3 Å². The first-order chi connectivity index (χ1) is 10.2. The Morgan fingerprint density at radius 2 is 2.05 bits per heavy atom. The zero-order chi connectivity index (χ0) is 14.8. The highest BCUT2D eigenvalue weighted by Crippen LogP contribution is 2.32. The van der Waals surface area contributed by atoms with Gasteiger partial charge < -0.3 is 4.57 Å². The Morgan fingerprint density at radius 1 is 1.24 bits per heavy atom. The van der Waals surface area contributed by atoms with Gasteiger partial charge in [-0.2, -0.15) is 0 Å². The van der Waals surface area contributed by atoms with E-state index < -0.39 is 0 Å². The normalized spacial score (nSPS) is 22.8. The summed E-state index contributed by atoms with van der Waals surface area (Å²) in [5, 5.41) is 0. The highest BCUT2D eigenvalue weighted by molar-refractivity contribution is 6.17. The predicted molar refractivity (Wildman–Crippen MR) is 87.8 cm³/mol. The first-order valence-corrected chi connectivity index (χ1v) is 8.61. The molecule has 1 aliphatic rings. The molecular formula is C17H24ClN3. The molecule has 21 heavy (non-hydrogen) atoms. The first-order valence-electron chi connectivity index (χ1n) is 8.07. The Bertz CT molecular complexity index is 620. The number of aromatic nitrogens is 3. The summed E-state index contributed by atoms with van der Waals surface area (Å²) in [6.45, 7) is 5.48. The average Bonchev–Trinajstić information content (AvgIpc) is 2.79. The zero-order valence-electron chi connectivity index (χ0n) is 13.0. The third-order valence-corrected chi connectivity index (χ3v) is 5.02. The maximum Gasteiger partial charge on any atom is 0.160 e. The number of hydrogen-bond donors (Lipinski definition) is 0. The summed E-state index contributed by atoms with van der Waals surface area (Å²) in [7, 11) is 0. The van der Waals surface area contributed by atoms with E-state index in [0.717, 1.165) is 47.5 Å². The van der Waals surface area contributed by atoms with Crippen LogP contribution >= 0.6 is 11.6 Å². The fraction of sp³-hybridized carbons (Fsp3) is 0.647. The summed E-state index contributed by atoms with van der Waals surface area (Å²) in [4.78, 5) is 9.48. The lowest BCUT2D eigenvalue weighted by Gasteiger charge is -2.29. The van der Waals surface area contributed by atoms with Gasteiger partial charge in [-0.15, -0.1) is 11.6 Å². The van der Waals surface area contributed by atoms with Gasteiger partial charge in [0, 0.05) is 24.5 Å². The van der Waals surface area contributed by atoms with Gasteiger partial charge in [-0.05, 0) is 37.3 Å². The molecule has 2 unspecified atom stereocenters. The molecular weight excluding hydrogens is 282 g/mol. The number of hydrogen-bond acceptors (Lipinski definition) is 2. The van der Waals surface area contributed by atoms with Crippen LogP contribution in [0, 0.1) is 18.8 Å². The van der Waals surface area contributed by atoms with Crippen molar-refractivity contribution in [2.75, 3.05) is 5.88 Å². The van der Waals surface area contributed by atoms with Gasteiger partial charge in [0.25, 0.3) is 0 Å². The van der Waals surface area contributed by atoms with Crippen LogP contribution in [0.4, 0.5) is 0 Å². The van der Waals surface area contributed by atoms with Crippen molar-refractivity contribution in [3.05, 3.63) is 23.7 Å². The molecule has 0 spiro atoms. The Labute approximate surface area is 131 Å². The summed E-state index contributed by atoms with van der Waals surface area (Å²) in [6.07, 6.45) is 6.24. The summed E-state index contributed by atoms with van der Waals surface area (Å²) in [6, 6.07) is 4.11. The summed E-state index contributed by atoms with van der Waals surface area (Å²) in [5.41, 5.74) is 3.09. The Hall–Kier alpha value is -1.09. The standard InChI is InChI=1S/C17H24ClN3/c1-12-5-3-4-6-14(12)11-21-16(9-10-18)20-15-8-7-13(2)19-17(15)21/h7-8,12,14H,3-6,9-11H2,1-2H3. The molecule has 0 aliphatic heterocycles. The molecule has 2 aromatic rings. The van der Waals surface area contributed by atoms with Crippen molar-refractivity contribution in [2.45, 2.75) is 52.5 Å². The minimum absolute atomic E-state index is 0.614. The lowest BCUT2D eigenvalue weighted by Crippen LogP contribution is -2.23. The van der Waals surface area contributed by atoms with Crippen LogP contribution in [0.2, 0.25) is 0 Å². The third kappa shape index (κ3) is 3.08. The van der Waals surface area contributed by atoms with Crippen molar-refractivity contribution in [2.24, 2.45) is 11.8 Å². The van der Waals surface area contributed by atoms with Gasteiger partial charge in [-0.3, -0.25) is 0 Å². The van der Waals surface area contributed by atoms with Gasteiger partial charge in [0.15, 0.2) is 5.65 Å². The maximum absolute atomic E-state index is 5.96. The lowest BCUT2D eigenvalue weighted by atomic mass is 9.80. The second kappa shape index (κ2) is 6.35. The fourth-order valence-electron chi connectivity index (χ4n) is 3.51. The van der Waals surface area contributed by atoms with Gasteiger partial charge in [-0.25, -0.2) is 9.97 Å². The number of nitrogens with zero attached hydrogens (tertiary/aromatic N) is 3. The van der Waals surface area contributed by atoms with Crippen LogP contribution in [0.5, 0.6) is 0 Å². The number of fused-ring (bicyclic) bond motifs is 1. The molecule has 0 amide bonds. The van der Waals surface area contributed by atoms with Crippen LogP contribution in [0.3, 0.4) is 0 Å². The monoisotopic (exact) mass is 305 g/mol. The Morgan fingerprint density at radius 3 is 2.81 bits per heavy atom. The molecule has 3 rings (SSSR count). The van der Waals surface area contributed by atoms with Crippen molar-refractivity contribution in [1.82, 2.24) is 14.5 Å². The third-order valence-electron chi connectivity index (χ3n) is 4.83. The molecule has 3 nitrogen and oxygen atoms in total. The van der Waals surface area contributed by atoms with Crippen molar-refractivity contribution in [3.63, 3.8) is 0 Å². The molecule has 0 radical (unpaired) electrons. The number of alkyl halides is 1. The molecule has 0 N–H and O–H groups in total. The van der Waals surface area contributed by atoms with Gasteiger partial charge >= 0.3 is 0 Å². The van der Waals surface area contributed by atoms with Crippen molar-refractivity contribution in [1.29, 1.82) is 0 Å². The summed E-state index contributed by atoms with van der Waals surface area (Å²) >= 11 is 5.96. The second-order valence-electron chi connectivity index (χ2n) is 6.39. The van der Waals surface area contributed by atoms with Gasteiger partial charge in [-0.1, -0.05) is 26.2 Å². The number of halogens is 1. The smallest absolute Gasteiger partial charge is 0.160 e. The molecule has 1 aliphatic carbocycles. The van der Waals surface area contributed by atoms with E-state index in [1.54, 1.807) is 0 Å². The minimum Gasteiger partial charge on any atom is -0.312 e. The second-order valence-corrected chi connectivity index (χ2v) is 6.77. The molecule has 2 aromatic heterocycles. The summed E-state index contributed by atoms with van der Waals surface area (Å²) < 4.78 is 2.33. The lowest BCUT2D eigenvalue weighted by molar-refractivity contribution is 0.228.